The van der Waals surface area contributed by atoms with Crippen molar-refractivity contribution in [1.82, 2.24) is 0 Å². The zero-order chi connectivity index (χ0) is 22.8. The zero-order valence-corrected chi connectivity index (χ0v) is 25.5. The van der Waals surface area contributed by atoms with Crippen LogP contribution in [0.5, 0.6) is 0 Å². The fourth-order valence-electron chi connectivity index (χ4n) is 3.64. The van der Waals surface area contributed by atoms with Gasteiger partial charge in [0.2, 0.25) is 0 Å². The molecule has 0 heterocycles. The quantitative estimate of drug-likeness (QED) is 0.119. The third-order valence-corrected chi connectivity index (χ3v) is 18.3. The van der Waals surface area contributed by atoms with Crippen LogP contribution in [0.25, 0.3) is 21.5 Å². The predicted octanol–water partition coefficient (Wildman–Crippen LogP) is 9.49. The topological polar surface area (TPSA) is 0 Å². The Morgan fingerprint density at radius 1 is 0.774 bits per heavy atom. The van der Waals surface area contributed by atoms with Gasteiger partial charge >= 0.3 is 73.3 Å². The Balaban J connectivity index is 0.000000167. The minimum absolute atomic E-state index is 0.942. The van der Waals surface area contributed by atoms with Gasteiger partial charge in [-0.25, -0.2) is 0 Å². The van der Waals surface area contributed by atoms with Gasteiger partial charge in [-0.1, -0.05) is 37.1 Å². The molecule has 0 unspecified atom stereocenters. The van der Waals surface area contributed by atoms with Crippen LogP contribution in [-0.2, 0) is 17.7 Å². The summed E-state index contributed by atoms with van der Waals surface area (Å²) in [5.74, 6) is 0. The summed E-state index contributed by atoms with van der Waals surface area (Å²) in [5.41, 5.74) is 5.45. The van der Waals surface area contributed by atoms with E-state index in [4.69, 9.17) is 17.2 Å². The van der Waals surface area contributed by atoms with Crippen LogP contribution >= 0.6 is 17.2 Å². The molecule has 0 bridgehead atoms. The van der Waals surface area contributed by atoms with Crippen molar-refractivity contribution in [1.29, 1.82) is 0 Å². The molecule has 4 aromatic rings. The molecule has 0 fully saturated rings. The second-order valence-corrected chi connectivity index (χ2v) is 31.7. The molecule has 0 amide bonds. The Hall–Kier alpha value is -0.673. The summed E-state index contributed by atoms with van der Waals surface area (Å²) in [6, 6.07) is 23.1. The first kappa shape index (κ1) is 26.6. The fourth-order valence-corrected chi connectivity index (χ4v) is 12.8. The summed E-state index contributed by atoms with van der Waals surface area (Å²) in [6.07, 6.45) is 4.93. The maximum Gasteiger partial charge on any atom is -0.0488 e. The molecule has 165 valence electrons. The van der Waals surface area contributed by atoms with Gasteiger partial charge in [-0.2, -0.15) is 12.1 Å². The minimum atomic E-state index is -1.84. The first-order valence-corrected chi connectivity index (χ1v) is 26.5. The first-order valence-electron chi connectivity index (χ1n) is 11.0. The minimum Gasteiger partial charge on any atom is -0.165 e. The summed E-state index contributed by atoms with van der Waals surface area (Å²) >= 11 is -1.84. The standard InChI is InChI=1S/2C11H11.C5H11Si.2ClH.Hf/c2*1-8-6-10-5-3-4-9(2)11(10)7-8;1-2-3-4-5-6;;;/h2*3-7H,1-2H3;2-5H2,1H3;2*1H;/q2*-1;;;;+2/p-2. The van der Waals surface area contributed by atoms with Gasteiger partial charge in [0.05, 0.1) is 0 Å². The number of benzene rings is 2. The van der Waals surface area contributed by atoms with Crippen LogP contribution in [0.15, 0.2) is 60.7 Å². The van der Waals surface area contributed by atoms with Gasteiger partial charge in [0, 0.05) is 0 Å². The Kier molecular flexibility index (Phi) is 11.8. The van der Waals surface area contributed by atoms with Crippen molar-refractivity contribution in [2.75, 3.05) is 0 Å². The van der Waals surface area contributed by atoms with Crippen molar-refractivity contribution in [3.63, 3.8) is 0 Å². The van der Waals surface area contributed by atoms with Gasteiger partial charge in [-0.05, 0) is 13.8 Å². The number of rotatable bonds is 4. The van der Waals surface area contributed by atoms with E-state index < -0.39 is 17.7 Å². The molecule has 0 spiro atoms. The average molecular weight is 635 g/mol. The largest absolute Gasteiger partial charge is 0.165 e. The second kappa shape index (κ2) is 13.8. The van der Waals surface area contributed by atoms with Crippen molar-refractivity contribution < 1.29 is 17.7 Å². The van der Waals surface area contributed by atoms with Crippen LogP contribution in [0.1, 0.15) is 48.4 Å². The number of fused-ring (bicyclic) bond motifs is 2. The van der Waals surface area contributed by atoms with E-state index in [-0.39, 0.29) is 0 Å². The molecule has 4 rings (SSSR count). The smallest absolute Gasteiger partial charge is 0.0488 e. The molecule has 0 atom stereocenters. The summed E-state index contributed by atoms with van der Waals surface area (Å²) in [6.45, 7) is 10.8. The van der Waals surface area contributed by atoms with Crippen LogP contribution in [-0.4, -0.2) is 6.22 Å². The molecule has 0 aliphatic carbocycles. The molecule has 0 aliphatic heterocycles. The van der Waals surface area contributed by atoms with E-state index in [1.807, 2.05) is 0 Å². The maximum absolute atomic E-state index is 5.75. The third kappa shape index (κ3) is 9.00. The molecule has 0 nitrogen and oxygen atoms in total. The summed E-state index contributed by atoms with van der Waals surface area (Å²) in [7, 11) is 11.5. The van der Waals surface area contributed by atoms with Gasteiger partial charge in [0.1, 0.15) is 0 Å². The second-order valence-electron chi connectivity index (χ2n) is 8.12. The fraction of sp³-hybridized carbons (Fsp3) is 0.333. The molecule has 0 aliphatic rings. The van der Waals surface area contributed by atoms with Gasteiger partial charge in [-0.3, -0.25) is 0 Å². The van der Waals surface area contributed by atoms with Gasteiger partial charge in [-0.15, -0.1) is 69.1 Å². The molecule has 4 heteroatoms. The van der Waals surface area contributed by atoms with Crippen LogP contribution in [0.4, 0.5) is 0 Å². The number of unbranched alkanes of at least 4 members (excludes halogenated alkanes) is 2. The number of hydrogen-bond donors (Lipinski definition) is 0. The summed E-state index contributed by atoms with van der Waals surface area (Å²) in [5, 5.41) is 5.51. The summed E-state index contributed by atoms with van der Waals surface area (Å²) in [4.78, 5) is 0. The number of halogens is 2. The molecule has 4 aromatic carbocycles. The first-order chi connectivity index (χ1) is 14.8. The van der Waals surface area contributed by atoms with E-state index in [0.29, 0.717) is 0 Å². The van der Waals surface area contributed by atoms with Crippen molar-refractivity contribution in [2.45, 2.75) is 59.9 Å². The zero-order valence-electron chi connectivity index (χ0n) is 19.4. The Morgan fingerprint density at radius 2 is 1.26 bits per heavy atom. The Morgan fingerprint density at radius 3 is 1.65 bits per heavy atom. The predicted molar refractivity (Wildman–Crippen MR) is 140 cm³/mol. The van der Waals surface area contributed by atoms with E-state index in [0.717, 1.165) is 6.22 Å². The molecule has 0 N–H and O–H groups in total. The Bertz CT molecular complexity index is 1040. The molecule has 0 saturated carbocycles. The monoisotopic (exact) mass is 635 g/mol. The normalized spacial score (nSPS) is 10.3. The van der Waals surface area contributed by atoms with Gasteiger partial charge < -0.3 is 0 Å². The van der Waals surface area contributed by atoms with E-state index >= 15 is 0 Å². The molecule has 0 aromatic heterocycles. The SMILES string of the molecule is CCCCC[Si]=[Hf]([Cl])[Cl].Cc1cc2c(C)cccc2[cH-]1.Cc1cc2c(C)cccc2[cH-]1. The molecule has 1 radical (unpaired) electrons. The van der Waals surface area contributed by atoms with Crippen molar-refractivity contribution >= 4 is 44.9 Å². The van der Waals surface area contributed by atoms with Crippen LogP contribution < -0.4 is 0 Å². The number of hydrogen-bond acceptors (Lipinski definition) is 0. The van der Waals surface area contributed by atoms with Crippen molar-refractivity contribution in [3.8, 4) is 0 Å². The molecular formula is C27H33Cl2HfSi-2. The van der Waals surface area contributed by atoms with E-state index in [9.17, 15) is 0 Å². The van der Waals surface area contributed by atoms with E-state index in [1.54, 1.807) is 0 Å². The molecular weight excluding hydrogens is 602 g/mol. The molecule has 0 saturated heterocycles. The Labute approximate surface area is 204 Å². The van der Waals surface area contributed by atoms with E-state index in [1.165, 1.54) is 69.1 Å². The van der Waals surface area contributed by atoms with Gasteiger partial charge in [0.15, 0.2) is 0 Å². The summed E-state index contributed by atoms with van der Waals surface area (Å²) < 4.78 is 0. The van der Waals surface area contributed by atoms with Crippen molar-refractivity contribution in [3.05, 3.63) is 82.9 Å². The van der Waals surface area contributed by atoms with Crippen molar-refractivity contribution in [2.24, 2.45) is 0 Å². The number of aryl methyl sites for hydroxylation is 4. The van der Waals surface area contributed by atoms with Crippen LogP contribution in [0, 0.1) is 27.7 Å². The third-order valence-electron chi connectivity index (χ3n) is 5.27. The maximum atomic E-state index is 5.75. The average Bonchev–Trinajstić information content (AvgIpc) is 3.29. The van der Waals surface area contributed by atoms with Gasteiger partial charge in [0.25, 0.3) is 0 Å². The van der Waals surface area contributed by atoms with Crippen LogP contribution in [0.3, 0.4) is 0 Å². The van der Waals surface area contributed by atoms with Crippen LogP contribution in [0.2, 0.25) is 6.04 Å². The van der Waals surface area contributed by atoms with E-state index in [2.05, 4.69) is 95.3 Å². The molecule has 31 heavy (non-hydrogen) atoms.